The summed E-state index contributed by atoms with van der Waals surface area (Å²) in [5.74, 6) is 1.03. The Hall–Kier alpha value is -3.72. The molecular weight excluding hydrogens is 432 g/mol. The Morgan fingerprint density at radius 2 is 1.65 bits per heavy atom. The maximum Gasteiger partial charge on any atom is 0.228 e. The van der Waals surface area contributed by atoms with Crippen LogP contribution in [0.2, 0.25) is 0 Å². The van der Waals surface area contributed by atoms with Gasteiger partial charge in [-0.15, -0.1) is 0 Å². The lowest BCUT2D eigenvalue weighted by atomic mass is 9.99. The first-order valence-corrected chi connectivity index (χ1v) is 11.5. The third kappa shape index (κ3) is 5.09. The number of aryl methyl sites for hydroxylation is 1. The van der Waals surface area contributed by atoms with Gasteiger partial charge in [-0.25, -0.2) is 15.0 Å². The quantitative estimate of drug-likeness (QED) is 0.579. The number of ether oxygens (including phenoxy) is 1. The average Bonchev–Trinajstić information content (AvgIpc) is 3.72. The number of nitrogens with one attached hydrogen (secondary N) is 2. The topological polar surface area (TPSA) is 119 Å². The van der Waals surface area contributed by atoms with Crippen LogP contribution < -0.4 is 10.6 Å². The molecule has 0 bridgehead atoms. The van der Waals surface area contributed by atoms with E-state index < -0.39 is 0 Å². The summed E-state index contributed by atoms with van der Waals surface area (Å²) < 4.78 is 5.35. The summed E-state index contributed by atoms with van der Waals surface area (Å²) in [6.45, 7) is 3.12. The van der Waals surface area contributed by atoms with E-state index in [0.29, 0.717) is 36.2 Å². The van der Waals surface area contributed by atoms with Crippen LogP contribution in [0, 0.1) is 18.8 Å². The van der Waals surface area contributed by atoms with Crippen LogP contribution in [0.25, 0.3) is 22.6 Å². The van der Waals surface area contributed by atoms with E-state index in [1.54, 1.807) is 24.7 Å². The molecule has 1 aliphatic heterocycles. The van der Waals surface area contributed by atoms with Crippen molar-refractivity contribution < 1.29 is 14.3 Å². The predicted molar refractivity (Wildman–Crippen MR) is 127 cm³/mol. The summed E-state index contributed by atoms with van der Waals surface area (Å²) in [6, 6.07) is 7.28. The lowest BCUT2D eigenvalue weighted by Gasteiger charge is -2.21. The summed E-state index contributed by atoms with van der Waals surface area (Å²) in [6.07, 6.45) is 8.29. The second-order valence-electron chi connectivity index (χ2n) is 8.69. The molecule has 0 atom stereocenters. The van der Waals surface area contributed by atoms with Crippen molar-refractivity contribution in [3.63, 3.8) is 0 Å². The molecule has 2 N–H and O–H groups in total. The van der Waals surface area contributed by atoms with E-state index in [9.17, 15) is 9.59 Å². The lowest BCUT2D eigenvalue weighted by molar-refractivity contribution is -0.122. The molecule has 2 fully saturated rings. The van der Waals surface area contributed by atoms with Crippen molar-refractivity contribution in [1.82, 2.24) is 19.9 Å². The molecule has 4 heterocycles. The minimum atomic E-state index is -0.0505. The molecule has 9 heteroatoms. The van der Waals surface area contributed by atoms with E-state index in [-0.39, 0.29) is 23.7 Å². The lowest BCUT2D eigenvalue weighted by Crippen LogP contribution is -2.28. The zero-order valence-corrected chi connectivity index (χ0v) is 19.0. The number of nitrogens with zero attached hydrogens (tertiary/aromatic N) is 4. The third-order valence-corrected chi connectivity index (χ3v) is 6.10. The van der Waals surface area contributed by atoms with Gasteiger partial charge in [0, 0.05) is 54.3 Å². The highest BCUT2D eigenvalue weighted by atomic mass is 16.5. The second kappa shape index (κ2) is 9.64. The molecule has 9 nitrogen and oxygen atoms in total. The SMILES string of the molecule is Cc1ncc(NC(=O)C2CCOCC2)cc1-c1ccnc(-c2ccnc(NC(=O)C3CC3)c2)n1. The highest BCUT2D eigenvalue weighted by Gasteiger charge is 2.29. The van der Waals surface area contributed by atoms with Crippen molar-refractivity contribution in [2.45, 2.75) is 32.6 Å². The number of pyridine rings is 2. The minimum absolute atomic E-state index is 0.000586. The molecule has 3 aromatic heterocycles. The molecule has 0 unspecified atom stereocenters. The van der Waals surface area contributed by atoms with Gasteiger partial charge in [-0.1, -0.05) is 0 Å². The summed E-state index contributed by atoms with van der Waals surface area (Å²) in [5, 5.41) is 5.84. The molecule has 0 radical (unpaired) electrons. The summed E-state index contributed by atoms with van der Waals surface area (Å²) in [5.41, 5.74) is 3.67. The van der Waals surface area contributed by atoms with Gasteiger partial charge < -0.3 is 15.4 Å². The molecule has 1 saturated carbocycles. The van der Waals surface area contributed by atoms with Gasteiger partial charge in [-0.2, -0.15) is 0 Å². The van der Waals surface area contributed by atoms with Crippen molar-refractivity contribution in [2.24, 2.45) is 11.8 Å². The van der Waals surface area contributed by atoms with Crippen molar-refractivity contribution in [1.29, 1.82) is 0 Å². The van der Waals surface area contributed by atoms with Gasteiger partial charge in [0.1, 0.15) is 5.82 Å². The van der Waals surface area contributed by atoms with Gasteiger partial charge in [0.15, 0.2) is 5.82 Å². The Labute approximate surface area is 197 Å². The maximum absolute atomic E-state index is 12.6. The van der Waals surface area contributed by atoms with Crippen LogP contribution in [0.15, 0.2) is 42.9 Å². The molecule has 34 heavy (non-hydrogen) atoms. The Morgan fingerprint density at radius 1 is 0.912 bits per heavy atom. The highest BCUT2D eigenvalue weighted by molar-refractivity contribution is 5.94. The molecule has 0 spiro atoms. The highest BCUT2D eigenvalue weighted by Crippen LogP contribution is 2.30. The normalized spacial score (nSPS) is 16.1. The Kier molecular flexibility index (Phi) is 6.27. The van der Waals surface area contributed by atoms with Crippen molar-refractivity contribution in [3.8, 4) is 22.6 Å². The standard InChI is InChI=1S/C25H26N6O3/c1-15-20(13-19(14-28-15)29-24(32)17-6-10-34-11-7-17)21-5-9-27-23(30-21)18-4-8-26-22(12-18)31-25(33)16-2-3-16/h4-5,8-9,12-14,16-17H,2-3,6-7,10-11H2,1H3,(H,29,32)(H,26,31,33). The number of hydrogen-bond donors (Lipinski definition) is 2. The van der Waals surface area contributed by atoms with Crippen LogP contribution in [0.3, 0.4) is 0 Å². The fourth-order valence-electron chi connectivity index (χ4n) is 3.92. The van der Waals surface area contributed by atoms with Crippen LogP contribution >= 0.6 is 0 Å². The monoisotopic (exact) mass is 458 g/mol. The number of rotatable bonds is 6. The van der Waals surface area contributed by atoms with Crippen molar-refractivity contribution in [3.05, 3.63) is 48.5 Å². The van der Waals surface area contributed by atoms with Crippen molar-refractivity contribution >= 4 is 23.3 Å². The summed E-state index contributed by atoms with van der Waals surface area (Å²) >= 11 is 0. The smallest absolute Gasteiger partial charge is 0.228 e. The predicted octanol–water partition coefficient (Wildman–Crippen LogP) is 3.62. The molecule has 5 rings (SSSR count). The van der Waals surface area contributed by atoms with Crippen LogP contribution in [0.4, 0.5) is 11.5 Å². The molecule has 2 aliphatic rings. The Bertz CT molecular complexity index is 1220. The van der Waals surface area contributed by atoms with E-state index in [4.69, 9.17) is 9.72 Å². The van der Waals surface area contributed by atoms with Gasteiger partial charge in [0.25, 0.3) is 0 Å². The number of aromatic nitrogens is 4. The minimum Gasteiger partial charge on any atom is -0.381 e. The first-order chi connectivity index (χ1) is 16.6. The number of carbonyl (C=O) groups excluding carboxylic acids is 2. The number of carbonyl (C=O) groups is 2. The fraction of sp³-hybridized carbons (Fsp3) is 0.360. The van der Waals surface area contributed by atoms with Crippen LogP contribution in [0.1, 0.15) is 31.4 Å². The van der Waals surface area contributed by atoms with Crippen LogP contribution in [0.5, 0.6) is 0 Å². The molecular formula is C25H26N6O3. The largest absolute Gasteiger partial charge is 0.381 e. The van der Waals surface area contributed by atoms with E-state index in [2.05, 4.69) is 25.6 Å². The van der Waals surface area contributed by atoms with Crippen LogP contribution in [-0.2, 0) is 14.3 Å². The molecule has 174 valence electrons. The molecule has 0 aromatic carbocycles. The van der Waals surface area contributed by atoms with E-state index in [0.717, 1.165) is 42.5 Å². The van der Waals surface area contributed by atoms with Gasteiger partial charge in [-0.05, 0) is 56.9 Å². The second-order valence-corrected chi connectivity index (χ2v) is 8.69. The van der Waals surface area contributed by atoms with Gasteiger partial charge in [0.2, 0.25) is 11.8 Å². The van der Waals surface area contributed by atoms with E-state index in [1.807, 2.05) is 25.1 Å². The first-order valence-electron chi connectivity index (χ1n) is 11.5. The third-order valence-electron chi connectivity index (χ3n) is 6.10. The summed E-state index contributed by atoms with van der Waals surface area (Å²) in [4.78, 5) is 42.6. The average molecular weight is 459 g/mol. The summed E-state index contributed by atoms with van der Waals surface area (Å²) in [7, 11) is 0. The zero-order valence-electron chi connectivity index (χ0n) is 19.0. The first kappa shape index (κ1) is 22.1. The fourth-order valence-corrected chi connectivity index (χ4v) is 3.92. The Morgan fingerprint density at radius 3 is 2.44 bits per heavy atom. The molecule has 3 aromatic rings. The van der Waals surface area contributed by atoms with Gasteiger partial charge >= 0.3 is 0 Å². The molecule has 2 amide bonds. The van der Waals surface area contributed by atoms with Crippen molar-refractivity contribution in [2.75, 3.05) is 23.8 Å². The number of hydrogen-bond acceptors (Lipinski definition) is 7. The van der Waals surface area contributed by atoms with Gasteiger partial charge in [-0.3, -0.25) is 14.6 Å². The Balaban J connectivity index is 1.37. The van der Waals surface area contributed by atoms with E-state index >= 15 is 0 Å². The molecule has 1 aliphatic carbocycles. The maximum atomic E-state index is 12.6. The molecule has 1 saturated heterocycles. The van der Waals surface area contributed by atoms with Gasteiger partial charge in [0.05, 0.1) is 17.6 Å². The number of amides is 2. The van der Waals surface area contributed by atoms with Crippen LogP contribution in [-0.4, -0.2) is 45.0 Å². The van der Waals surface area contributed by atoms with E-state index in [1.165, 1.54) is 0 Å². The zero-order chi connectivity index (χ0) is 23.5. The number of anilines is 2.